The van der Waals surface area contributed by atoms with E-state index in [1.807, 2.05) is 66.2 Å². The summed E-state index contributed by atoms with van der Waals surface area (Å²) >= 11 is 6.31. The van der Waals surface area contributed by atoms with Crippen LogP contribution in [0.5, 0.6) is 5.75 Å². The van der Waals surface area contributed by atoms with Gasteiger partial charge in [-0.2, -0.15) is 0 Å². The first-order valence-electron chi connectivity index (χ1n) is 14.3. The maximum atomic E-state index is 14.1. The number of carbonyl (C=O) groups is 2. The Morgan fingerprint density at radius 3 is 2.51 bits per heavy atom. The van der Waals surface area contributed by atoms with E-state index in [9.17, 15) is 9.59 Å². The Balaban J connectivity index is 1.41. The van der Waals surface area contributed by atoms with Gasteiger partial charge >= 0.3 is 0 Å². The molecule has 214 valence electrons. The third kappa shape index (κ3) is 7.00. The number of fused-ring (bicyclic) bond motifs is 2. The fourth-order valence-corrected chi connectivity index (χ4v) is 6.07. The second-order valence-electron chi connectivity index (χ2n) is 11.2. The SMILES string of the molecule is CC(=O)N1C[C@H]2CC(c3cccc(CC(C)Oc4ccccc4Cl)c3)=C(C(=O)N(C)CCc3ccccc3)[C@@H](C1)N2. The number of piperazine rings is 1. The van der Waals surface area contributed by atoms with E-state index in [0.29, 0.717) is 43.2 Å². The summed E-state index contributed by atoms with van der Waals surface area (Å²) in [5.41, 5.74) is 5.22. The molecule has 41 heavy (non-hydrogen) atoms. The second-order valence-corrected chi connectivity index (χ2v) is 11.6. The maximum absolute atomic E-state index is 14.1. The van der Waals surface area contributed by atoms with Crippen molar-refractivity contribution >= 4 is 29.0 Å². The standard InChI is InChI=1S/C34H38ClN3O3/c1-23(41-32-15-8-7-14-30(32)35)18-26-12-9-13-27(19-26)29-20-28-21-38(24(2)39)22-31(36-28)33(29)34(40)37(3)17-16-25-10-5-4-6-11-25/h4-15,19,23,28,31,36H,16-18,20-22H2,1-3H3/t23?,28-,31-/m1/s1. The van der Waals surface area contributed by atoms with E-state index < -0.39 is 0 Å². The monoisotopic (exact) mass is 571 g/mol. The van der Waals surface area contributed by atoms with Gasteiger partial charge in [0.25, 0.3) is 5.91 Å². The third-order valence-electron chi connectivity index (χ3n) is 7.97. The molecular formula is C34H38ClN3O3. The molecule has 1 N–H and O–H groups in total. The van der Waals surface area contributed by atoms with Gasteiger partial charge in [0.2, 0.25) is 5.91 Å². The number of rotatable bonds is 9. The highest BCUT2D eigenvalue weighted by molar-refractivity contribution is 6.32. The highest BCUT2D eigenvalue weighted by Gasteiger charge is 2.39. The van der Waals surface area contributed by atoms with Crippen molar-refractivity contribution in [2.75, 3.05) is 26.7 Å². The van der Waals surface area contributed by atoms with Gasteiger partial charge in [0.15, 0.2) is 0 Å². The first-order valence-corrected chi connectivity index (χ1v) is 14.7. The molecule has 3 atom stereocenters. The summed E-state index contributed by atoms with van der Waals surface area (Å²) < 4.78 is 6.13. The summed E-state index contributed by atoms with van der Waals surface area (Å²) in [6.07, 6.45) is 2.09. The van der Waals surface area contributed by atoms with Crippen molar-refractivity contribution in [2.45, 2.75) is 51.3 Å². The van der Waals surface area contributed by atoms with E-state index in [4.69, 9.17) is 16.3 Å². The first kappa shape index (κ1) is 28.9. The van der Waals surface area contributed by atoms with Gasteiger partial charge in [-0.3, -0.25) is 9.59 Å². The lowest BCUT2D eigenvalue weighted by molar-refractivity contribution is -0.132. The van der Waals surface area contributed by atoms with Crippen molar-refractivity contribution in [2.24, 2.45) is 0 Å². The number of halogens is 1. The van der Waals surface area contributed by atoms with Crippen molar-refractivity contribution in [3.05, 3.63) is 106 Å². The summed E-state index contributed by atoms with van der Waals surface area (Å²) in [6.45, 7) is 5.39. The van der Waals surface area contributed by atoms with E-state index in [0.717, 1.165) is 28.7 Å². The molecular weight excluding hydrogens is 534 g/mol. The number of nitrogens with one attached hydrogen (secondary N) is 1. The van der Waals surface area contributed by atoms with Crippen LogP contribution in [0.25, 0.3) is 5.57 Å². The van der Waals surface area contributed by atoms with Crippen molar-refractivity contribution < 1.29 is 14.3 Å². The Kier molecular flexibility index (Phi) is 9.11. The van der Waals surface area contributed by atoms with Crippen LogP contribution in [-0.2, 0) is 22.4 Å². The zero-order valence-electron chi connectivity index (χ0n) is 24.0. The van der Waals surface area contributed by atoms with E-state index in [2.05, 4.69) is 41.7 Å². The number of amides is 2. The van der Waals surface area contributed by atoms with Gasteiger partial charge in [-0.25, -0.2) is 0 Å². The molecule has 2 heterocycles. The van der Waals surface area contributed by atoms with Gasteiger partial charge in [-0.15, -0.1) is 0 Å². The van der Waals surface area contributed by atoms with Crippen LogP contribution in [0.2, 0.25) is 5.02 Å². The average molecular weight is 572 g/mol. The summed E-state index contributed by atoms with van der Waals surface area (Å²) in [4.78, 5) is 30.1. The molecule has 5 rings (SSSR count). The van der Waals surface area contributed by atoms with E-state index in [1.54, 1.807) is 6.92 Å². The molecule has 1 unspecified atom stereocenters. The summed E-state index contributed by atoms with van der Waals surface area (Å²) in [6, 6.07) is 26.1. The van der Waals surface area contributed by atoms with Crippen molar-refractivity contribution in [1.29, 1.82) is 0 Å². The Hall–Kier alpha value is -3.61. The molecule has 7 heteroatoms. The summed E-state index contributed by atoms with van der Waals surface area (Å²) in [5, 5.41) is 4.24. The maximum Gasteiger partial charge on any atom is 0.251 e. The molecule has 0 aliphatic carbocycles. The van der Waals surface area contributed by atoms with Gasteiger partial charge < -0.3 is 19.9 Å². The largest absolute Gasteiger partial charge is 0.489 e. The van der Waals surface area contributed by atoms with E-state index >= 15 is 0 Å². The van der Waals surface area contributed by atoms with Gasteiger partial charge in [-0.05, 0) is 54.2 Å². The fourth-order valence-electron chi connectivity index (χ4n) is 5.89. The highest BCUT2D eigenvalue weighted by Crippen LogP contribution is 2.35. The number of carbonyl (C=O) groups excluding carboxylic acids is 2. The van der Waals surface area contributed by atoms with Crippen LogP contribution in [0.15, 0.2) is 84.4 Å². The lowest BCUT2D eigenvalue weighted by Gasteiger charge is -2.44. The summed E-state index contributed by atoms with van der Waals surface area (Å²) in [5.74, 6) is 0.731. The topological polar surface area (TPSA) is 61.9 Å². The molecule has 2 aliphatic heterocycles. The van der Waals surface area contributed by atoms with Crippen LogP contribution < -0.4 is 10.1 Å². The molecule has 1 fully saturated rings. The normalized spacial score (nSPS) is 19.1. The Bertz CT molecular complexity index is 1420. The predicted octanol–water partition coefficient (Wildman–Crippen LogP) is 5.40. The highest BCUT2D eigenvalue weighted by atomic mass is 35.5. The molecule has 2 aliphatic rings. The number of benzene rings is 3. The van der Waals surface area contributed by atoms with Crippen LogP contribution in [0, 0.1) is 0 Å². The zero-order chi connectivity index (χ0) is 28.9. The molecule has 1 saturated heterocycles. The zero-order valence-corrected chi connectivity index (χ0v) is 24.7. The molecule has 0 saturated carbocycles. The smallest absolute Gasteiger partial charge is 0.251 e. The average Bonchev–Trinajstić information content (AvgIpc) is 2.97. The number of nitrogens with zero attached hydrogens (tertiary/aromatic N) is 2. The number of ether oxygens (including phenoxy) is 1. The molecule has 0 aromatic heterocycles. The van der Waals surface area contributed by atoms with Crippen molar-refractivity contribution in [1.82, 2.24) is 15.1 Å². The first-order chi connectivity index (χ1) is 19.8. The lowest BCUT2D eigenvalue weighted by atomic mass is 9.82. The number of likely N-dealkylation sites (N-methyl/N-ethyl adjacent to an activating group) is 1. The minimum Gasteiger partial charge on any atom is -0.489 e. The summed E-state index contributed by atoms with van der Waals surface area (Å²) in [7, 11) is 1.87. The molecule has 2 amide bonds. The van der Waals surface area contributed by atoms with Gasteiger partial charge in [0.1, 0.15) is 5.75 Å². The predicted molar refractivity (Wildman–Crippen MR) is 164 cm³/mol. The fraction of sp³-hybridized carbons (Fsp3) is 0.353. The minimum atomic E-state index is -0.209. The van der Waals surface area contributed by atoms with Crippen LogP contribution in [0.1, 0.15) is 37.0 Å². The number of hydrogen-bond donors (Lipinski definition) is 1. The molecule has 3 aromatic carbocycles. The van der Waals surface area contributed by atoms with Gasteiger partial charge in [0, 0.05) is 51.6 Å². The Labute approximate surface area is 247 Å². The van der Waals surface area contributed by atoms with E-state index in [-0.39, 0.29) is 30.0 Å². The third-order valence-corrected chi connectivity index (χ3v) is 8.28. The van der Waals surface area contributed by atoms with E-state index in [1.165, 1.54) is 5.56 Å². The Morgan fingerprint density at radius 2 is 1.76 bits per heavy atom. The molecule has 6 nitrogen and oxygen atoms in total. The quantitative estimate of drug-likeness (QED) is 0.374. The molecule has 2 bridgehead atoms. The van der Waals surface area contributed by atoms with Crippen LogP contribution >= 0.6 is 11.6 Å². The molecule has 0 radical (unpaired) electrons. The Morgan fingerprint density at radius 1 is 1.02 bits per heavy atom. The van der Waals surface area contributed by atoms with Crippen LogP contribution in [0.3, 0.4) is 0 Å². The molecule has 0 spiro atoms. The van der Waals surface area contributed by atoms with Crippen molar-refractivity contribution in [3.8, 4) is 5.75 Å². The van der Waals surface area contributed by atoms with Crippen LogP contribution in [-0.4, -0.2) is 66.5 Å². The minimum absolute atomic E-state index is 0.0121. The number of para-hydroxylation sites is 1. The van der Waals surface area contributed by atoms with Gasteiger partial charge in [0.05, 0.1) is 17.2 Å². The molecule has 3 aromatic rings. The second kappa shape index (κ2) is 12.9. The van der Waals surface area contributed by atoms with Crippen molar-refractivity contribution in [3.63, 3.8) is 0 Å². The number of hydrogen-bond acceptors (Lipinski definition) is 4. The lowest BCUT2D eigenvalue weighted by Crippen LogP contribution is -2.61. The van der Waals surface area contributed by atoms with Gasteiger partial charge in [-0.1, -0.05) is 78.3 Å². The van der Waals surface area contributed by atoms with Crippen LogP contribution in [0.4, 0.5) is 0 Å².